The van der Waals surface area contributed by atoms with Gasteiger partial charge in [-0.1, -0.05) is 12.1 Å². The number of nitrogens with one attached hydrogen (secondary N) is 1. The average Bonchev–Trinajstić information content (AvgIpc) is 3.64. The van der Waals surface area contributed by atoms with E-state index in [4.69, 9.17) is 5.26 Å². The summed E-state index contributed by atoms with van der Waals surface area (Å²) < 4.78 is 14.5. The molecule has 29 heavy (non-hydrogen) atoms. The summed E-state index contributed by atoms with van der Waals surface area (Å²) >= 11 is 0. The van der Waals surface area contributed by atoms with Crippen molar-refractivity contribution < 1.29 is 14.0 Å². The minimum Gasteiger partial charge on any atom is -0.328 e. The minimum atomic E-state index is -1.00. The molecule has 2 heterocycles. The van der Waals surface area contributed by atoms with Gasteiger partial charge in [0.15, 0.2) is 0 Å². The van der Waals surface area contributed by atoms with Gasteiger partial charge in [-0.05, 0) is 42.4 Å². The number of fused-ring (bicyclic) bond motifs is 2. The topological polar surface area (TPSA) is 99.0 Å². The predicted octanol–water partition coefficient (Wildman–Crippen LogP) is 2.30. The number of hydrogen-bond acceptors (Lipinski definition) is 5. The quantitative estimate of drug-likeness (QED) is 0.862. The zero-order chi connectivity index (χ0) is 20.2. The molecule has 3 aliphatic rings. The van der Waals surface area contributed by atoms with Crippen LogP contribution in [0.5, 0.6) is 0 Å². The van der Waals surface area contributed by atoms with Crippen molar-refractivity contribution in [1.82, 2.24) is 14.9 Å². The van der Waals surface area contributed by atoms with Gasteiger partial charge in [0, 0.05) is 17.5 Å². The fourth-order valence-corrected chi connectivity index (χ4v) is 4.12. The number of nitriles is 1. The number of alkyl halides is 1. The first-order valence-corrected chi connectivity index (χ1v) is 9.60. The molecule has 1 aromatic carbocycles. The molecule has 2 fully saturated rings. The van der Waals surface area contributed by atoms with E-state index in [1.54, 1.807) is 6.07 Å². The highest BCUT2D eigenvalue weighted by Crippen LogP contribution is 2.55. The van der Waals surface area contributed by atoms with Gasteiger partial charge < -0.3 is 4.90 Å². The van der Waals surface area contributed by atoms with E-state index in [0.717, 1.165) is 18.4 Å². The van der Waals surface area contributed by atoms with Crippen LogP contribution < -0.4 is 5.32 Å². The number of benzene rings is 1. The van der Waals surface area contributed by atoms with Crippen LogP contribution >= 0.6 is 0 Å². The van der Waals surface area contributed by atoms with Crippen LogP contribution in [-0.4, -0.2) is 45.9 Å². The zero-order valence-electron chi connectivity index (χ0n) is 15.6. The van der Waals surface area contributed by atoms with Crippen LogP contribution in [0.4, 0.5) is 10.3 Å². The van der Waals surface area contributed by atoms with Gasteiger partial charge in [0.05, 0.1) is 18.0 Å². The molecule has 0 bridgehead atoms. The lowest BCUT2D eigenvalue weighted by Crippen LogP contribution is -2.47. The van der Waals surface area contributed by atoms with E-state index in [1.807, 2.05) is 18.2 Å². The van der Waals surface area contributed by atoms with Gasteiger partial charge in [-0.3, -0.25) is 14.9 Å². The lowest BCUT2D eigenvalue weighted by molar-refractivity contribution is -0.117. The maximum Gasteiger partial charge on any atom is 0.254 e. The molecule has 1 aliphatic heterocycles. The lowest BCUT2D eigenvalue weighted by Gasteiger charge is -2.34. The van der Waals surface area contributed by atoms with Gasteiger partial charge >= 0.3 is 0 Å². The first-order valence-electron chi connectivity index (χ1n) is 9.60. The monoisotopic (exact) mass is 391 g/mol. The van der Waals surface area contributed by atoms with Crippen molar-refractivity contribution in [2.45, 2.75) is 36.8 Å². The van der Waals surface area contributed by atoms with Gasteiger partial charge in [0.1, 0.15) is 18.8 Å². The van der Waals surface area contributed by atoms with Crippen LogP contribution in [0.1, 0.15) is 52.2 Å². The minimum absolute atomic E-state index is 0.0532. The second-order valence-electron chi connectivity index (χ2n) is 8.02. The van der Waals surface area contributed by atoms with Crippen molar-refractivity contribution in [3.63, 3.8) is 0 Å². The van der Waals surface area contributed by atoms with E-state index in [-0.39, 0.29) is 30.5 Å². The number of halogens is 1. The van der Waals surface area contributed by atoms with Crippen LogP contribution in [0.2, 0.25) is 0 Å². The standard InChI is InChI=1S/C21H18FN5O2/c22-17-6-21(17)11-27(10-18(28)26-20-24-8-12(7-23)9-25-20)19(29)15-4-3-14(5-16(15)21)13-1-2-13/h3-5,8-9,13,17H,1-2,6,10-11H2,(H,24,25,26,28)/t17-,21?/m0/s1. The Morgan fingerprint density at radius 2 is 2.07 bits per heavy atom. The molecule has 5 rings (SSSR count). The molecule has 146 valence electrons. The third kappa shape index (κ3) is 3.03. The van der Waals surface area contributed by atoms with Crippen molar-refractivity contribution >= 4 is 17.8 Å². The number of rotatable bonds is 4. The highest BCUT2D eigenvalue weighted by atomic mass is 19.1. The third-order valence-corrected chi connectivity index (χ3v) is 5.97. The number of amides is 2. The summed E-state index contributed by atoms with van der Waals surface area (Å²) in [6, 6.07) is 7.64. The molecule has 2 aliphatic carbocycles. The Balaban J connectivity index is 1.35. The summed E-state index contributed by atoms with van der Waals surface area (Å²) in [4.78, 5) is 34.6. The Labute approximate surface area is 166 Å². The van der Waals surface area contributed by atoms with Crippen molar-refractivity contribution in [2.24, 2.45) is 0 Å². The Hall–Kier alpha value is -3.34. The normalized spacial score (nSPS) is 24.8. The maximum absolute atomic E-state index is 14.5. The van der Waals surface area contributed by atoms with Gasteiger partial charge in [-0.15, -0.1) is 0 Å². The zero-order valence-corrected chi connectivity index (χ0v) is 15.6. The second kappa shape index (κ2) is 6.34. The van der Waals surface area contributed by atoms with Gasteiger partial charge in [0.25, 0.3) is 5.91 Å². The molecule has 1 aromatic heterocycles. The molecule has 1 N–H and O–H groups in total. The number of nitrogens with zero attached hydrogens (tertiary/aromatic N) is 4. The number of anilines is 1. The summed E-state index contributed by atoms with van der Waals surface area (Å²) in [6.07, 6.45) is 4.25. The van der Waals surface area contributed by atoms with Crippen LogP contribution in [0.15, 0.2) is 30.6 Å². The van der Waals surface area contributed by atoms with Gasteiger partial charge in [-0.2, -0.15) is 5.26 Å². The molecule has 2 saturated carbocycles. The smallest absolute Gasteiger partial charge is 0.254 e. The summed E-state index contributed by atoms with van der Waals surface area (Å²) in [5.41, 5.74) is 2.05. The van der Waals surface area contributed by atoms with E-state index in [1.165, 1.54) is 22.9 Å². The molecule has 2 aromatic rings. The molecular formula is C21H18FN5O2. The molecule has 1 spiro atoms. The van der Waals surface area contributed by atoms with Gasteiger partial charge in [0.2, 0.25) is 11.9 Å². The highest BCUT2D eigenvalue weighted by Gasteiger charge is 2.61. The molecule has 0 radical (unpaired) electrons. The van der Waals surface area contributed by atoms with Crippen molar-refractivity contribution in [2.75, 3.05) is 18.4 Å². The fraction of sp³-hybridized carbons (Fsp3) is 0.381. The molecule has 0 saturated heterocycles. The number of carbonyl (C=O) groups is 2. The summed E-state index contributed by atoms with van der Waals surface area (Å²) in [6.45, 7) is -0.0176. The number of carbonyl (C=O) groups excluding carboxylic acids is 2. The molecular weight excluding hydrogens is 373 g/mol. The third-order valence-electron chi connectivity index (χ3n) is 5.97. The van der Waals surface area contributed by atoms with Crippen LogP contribution in [0.25, 0.3) is 0 Å². The Bertz CT molecular complexity index is 1060. The molecule has 2 atom stereocenters. The first-order chi connectivity index (χ1) is 14.0. The predicted molar refractivity (Wildman–Crippen MR) is 101 cm³/mol. The van der Waals surface area contributed by atoms with Crippen molar-refractivity contribution in [3.05, 3.63) is 52.8 Å². The summed E-state index contributed by atoms with van der Waals surface area (Å²) in [5.74, 6) is -0.145. The fourth-order valence-electron chi connectivity index (χ4n) is 4.12. The van der Waals surface area contributed by atoms with E-state index >= 15 is 0 Å². The molecule has 1 unspecified atom stereocenters. The van der Waals surface area contributed by atoms with E-state index in [2.05, 4.69) is 15.3 Å². The van der Waals surface area contributed by atoms with E-state index < -0.39 is 17.5 Å². The van der Waals surface area contributed by atoms with Crippen LogP contribution in [0.3, 0.4) is 0 Å². The number of aromatic nitrogens is 2. The van der Waals surface area contributed by atoms with Gasteiger partial charge in [-0.25, -0.2) is 14.4 Å². The van der Waals surface area contributed by atoms with Crippen molar-refractivity contribution in [1.29, 1.82) is 5.26 Å². The maximum atomic E-state index is 14.5. The lowest BCUT2D eigenvalue weighted by atomic mass is 9.84. The second-order valence-corrected chi connectivity index (χ2v) is 8.02. The Morgan fingerprint density at radius 3 is 2.69 bits per heavy atom. The Kier molecular flexibility index (Phi) is 3.88. The SMILES string of the molecule is N#Cc1cnc(NC(=O)CN2CC3(C[C@@H]3F)c3cc(C4CC4)ccc3C2=O)nc1. The molecule has 2 amide bonds. The highest BCUT2D eigenvalue weighted by molar-refractivity contribution is 6.01. The molecule has 8 heteroatoms. The largest absolute Gasteiger partial charge is 0.328 e. The molecule has 7 nitrogen and oxygen atoms in total. The Morgan fingerprint density at radius 1 is 1.34 bits per heavy atom. The van der Waals surface area contributed by atoms with Crippen LogP contribution in [0, 0.1) is 11.3 Å². The first kappa shape index (κ1) is 17.7. The summed E-state index contributed by atoms with van der Waals surface area (Å²) in [7, 11) is 0. The van der Waals surface area contributed by atoms with E-state index in [9.17, 15) is 14.0 Å². The number of hydrogen-bond donors (Lipinski definition) is 1. The van der Waals surface area contributed by atoms with Crippen molar-refractivity contribution in [3.8, 4) is 6.07 Å². The van der Waals surface area contributed by atoms with Crippen LogP contribution in [-0.2, 0) is 10.2 Å². The van der Waals surface area contributed by atoms with E-state index in [0.29, 0.717) is 17.9 Å². The average molecular weight is 391 g/mol. The summed E-state index contributed by atoms with van der Waals surface area (Å²) in [5, 5.41) is 11.3.